The Morgan fingerprint density at radius 2 is 1.94 bits per heavy atom. The fourth-order valence-electron chi connectivity index (χ4n) is 1.25. The molecule has 2 rings (SSSR count). The van der Waals surface area contributed by atoms with Crippen LogP contribution in [0.4, 0.5) is 0 Å². The van der Waals surface area contributed by atoms with Gasteiger partial charge < -0.3 is 0 Å². The highest BCUT2D eigenvalue weighted by molar-refractivity contribution is 5.07. The van der Waals surface area contributed by atoms with Crippen LogP contribution in [0, 0.1) is 0 Å². The third kappa shape index (κ3) is 5.20. The molecule has 0 unspecified atom stereocenters. The average Bonchev–Trinajstić information content (AvgIpc) is 2.41. The summed E-state index contributed by atoms with van der Waals surface area (Å²) in [5.74, 6) is 0.507. The summed E-state index contributed by atoms with van der Waals surface area (Å²) in [4.78, 5) is 11.8. The van der Waals surface area contributed by atoms with Gasteiger partial charge in [0, 0.05) is 24.3 Å². The SMILES string of the molecule is CC(C)c1ccncn1.CCc1cccnc1. The van der Waals surface area contributed by atoms with Crippen LogP contribution in [0.3, 0.4) is 0 Å². The summed E-state index contributed by atoms with van der Waals surface area (Å²) in [5.41, 5.74) is 2.40. The number of hydrogen-bond donors (Lipinski definition) is 0. The van der Waals surface area contributed by atoms with Crippen LogP contribution in [0.25, 0.3) is 0 Å². The number of nitrogens with zero attached hydrogens (tertiary/aromatic N) is 3. The highest BCUT2D eigenvalue weighted by Crippen LogP contribution is 2.07. The Balaban J connectivity index is 0.000000171. The second-order valence-corrected chi connectivity index (χ2v) is 4.00. The molecule has 2 aromatic heterocycles. The van der Waals surface area contributed by atoms with Crippen LogP contribution in [0.5, 0.6) is 0 Å². The van der Waals surface area contributed by atoms with E-state index in [-0.39, 0.29) is 0 Å². The van der Waals surface area contributed by atoms with Crippen LogP contribution in [0.2, 0.25) is 0 Å². The van der Waals surface area contributed by atoms with Crippen LogP contribution in [0.1, 0.15) is 37.9 Å². The van der Waals surface area contributed by atoms with Crippen LogP contribution < -0.4 is 0 Å². The summed E-state index contributed by atoms with van der Waals surface area (Å²) in [6, 6.07) is 5.97. The van der Waals surface area contributed by atoms with Crippen molar-refractivity contribution in [2.75, 3.05) is 0 Å². The van der Waals surface area contributed by atoms with Gasteiger partial charge in [-0.2, -0.15) is 0 Å². The average molecular weight is 229 g/mol. The minimum absolute atomic E-state index is 0.507. The number of aromatic nitrogens is 3. The molecular formula is C14H19N3. The molecule has 3 heteroatoms. The molecule has 0 aliphatic rings. The summed E-state index contributed by atoms with van der Waals surface area (Å²) in [6.45, 7) is 6.35. The van der Waals surface area contributed by atoms with E-state index < -0.39 is 0 Å². The highest BCUT2D eigenvalue weighted by atomic mass is 14.8. The van der Waals surface area contributed by atoms with E-state index in [1.807, 2.05) is 18.3 Å². The maximum absolute atomic E-state index is 4.07. The van der Waals surface area contributed by atoms with E-state index in [9.17, 15) is 0 Å². The Morgan fingerprint density at radius 1 is 1.12 bits per heavy atom. The summed E-state index contributed by atoms with van der Waals surface area (Å²) in [5, 5.41) is 0. The van der Waals surface area contributed by atoms with E-state index in [0.717, 1.165) is 12.1 Å². The van der Waals surface area contributed by atoms with E-state index in [2.05, 4.69) is 41.8 Å². The predicted molar refractivity (Wildman–Crippen MR) is 69.7 cm³/mol. The number of hydrogen-bond acceptors (Lipinski definition) is 3. The van der Waals surface area contributed by atoms with Crippen molar-refractivity contribution >= 4 is 0 Å². The standard InChI is InChI=1S/C7H10N2.C7H9N/c1-6(2)7-3-4-8-5-9-7;1-2-7-4-3-5-8-6-7/h3-6H,1-2H3;3-6H,2H2,1H3. The predicted octanol–water partition coefficient (Wildman–Crippen LogP) is 3.24. The lowest BCUT2D eigenvalue weighted by Gasteiger charge is -1.99. The van der Waals surface area contributed by atoms with Crippen molar-refractivity contribution in [3.63, 3.8) is 0 Å². The highest BCUT2D eigenvalue weighted by Gasteiger charge is 1.95. The lowest BCUT2D eigenvalue weighted by atomic mass is 10.1. The molecule has 0 aliphatic carbocycles. The van der Waals surface area contributed by atoms with Crippen molar-refractivity contribution in [2.45, 2.75) is 33.1 Å². The van der Waals surface area contributed by atoms with Gasteiger partial charge in [0.15, 0.2) is 0 Å². The largest absolute Gasteiger partial charge is 0.264 e. The molecular weight excluding hydrogens is 210 g/mol. The maximum atomic E-state index is 4.07. The van der Waals surface area contributed by atoms with Crippen LogP contribution in [-0.4, -0.2) is 15.0 Å². The molecule has 0 saturated heterocycles. The van der Waals surface area contributed by atoms with E-state index in [4.69, 9.17) is 0 Å². The molecule has 0 fully saturated rings. The Bertz CT molecular complexity index is 398. The lowest BCUT2D eigenvalue weighted by Crippen LogP contribution is -1.90. The van der Waals surface area contributed by atoms with Gasteiger partial charge in [-0.3, -0.25) is 4.98 Å². The minimum Gasteiger partial charge on any atom is -0.264 e. The minimum atomic E-state index is 0.507. The molecule has 0 N–H and O–H groups in total. The monoisotopic (exact) mass is 229 g/mol. The van der Waals surface area contributed by atoms with Crippen molar-refractivity contribution < 1.29 is 0 Å². The third-order valence-corrected chi connectivity index (χ3v) is 2.33. The van der Waals surface area contributed by atoms with Gasteiger partial charge in [-0.1, -0.05) is 26.8 Å². The Kier molecular flexibility index (Phi) is 5.86. The molecule has 0 atom stereocenters. The zero-order valence-corrected chi connectivity index (χ0v) is 10.7. The maximum Gasteiger partial charge on any atom is 0.115 e. The second-order valence-electron chi connectivity index (χ2n) is 4.00. The van der Waals surface area contributed by atoms with Gasteiger partial charge in [0.1, 0.15) is 6.33 Å². The second kappa shape index (κ2) is 7.49. The summed E-state index contributed by atoms with van der Waals surface area (Å²) in [6.07, 6.45) is 8.10. The molecule has 0 amide bonds. The molecule has 0 bridgehead atoms. The van der Waals surface area contributed by atoms with Gasteiger partial charge >= 0.3 is 0 Å². The fourth-order valence-corrected chi connectivity index (χ4v) is 1.25. The zero-order chi connectivity index (χ0) is 12.5. The Morgan fingerprint density at radius 3 is 2.29 bits per heavy atom. The first-order valence-corrected chi connectivity index (χ1v) is 5.88. The van der Waals surface area contributed by atoms with E-state index in [1.165, 1.54) is 5.56 Å². The first-order valence-electron chi connectivity index (χ1n) is 5.88. The topological polar surface area (TPSA) is 38.7 Å². The normalized spacial score (nSPS) is 9.65. The van der Waals surface area contributed by atoms with Gasteiger partial charge in [0.25, 0.3) is 0 Å². The van der Waals surface area contributed by atoms with Gasteiger partial charge in [0.2, 0.25) is 0 Å². The van der Waals surface area contributed by atoms with Crippen molar-refractivity contribution in [3.05, 3.63) is 54.4 Å². The Hall–Kier alpha value is -1.77. The van der Waals surface area contributed by atoms with Crippen molar-refractivity contribution in [1.82, 2.24) is 15.0 Å². The fraction of sp³-hybridized carbons (Fsp3) is 0.357. The summed E-state index contributed by atoms with van der Waals surface area (Å²) >= 11 is 0. The van der Waals surface area contributed by atoms with Crippen LogP contribution >= 0.6 is 0 Å². The molecule has 0 saturated carbocycles. The first-order chi connectivity index (χ1) is 8.24. The summed E-state index contributed by atoms with van der Waals surface area (Å²) < 4.78 is 0. The van der Waals surface area contributed by atoms with Crippen LogP contribution in [0.15, 0.2) is 43.1 Å². The third-order valence-electron chi connectivity index (χ3n) is 2.33. The van der Waals surface area contributed by atoms with Gasteiger partial charge in [-0.25, -0.2) is 9.97 Å². The molecule has 2 heterocycles. The van der Waals surface area contributed by atoms with E-state index in [1.54, 1.807) is 18.7 Å². The molecule has 17 heavy (non-hydrogen) atoms. The first kappa shape index (κ1) is 13.3. The molecule has 0 radical (unpaired) electrons. The number of aryl methyl sites for hydroxylation is 1. The molecule has 3 nitrogen and oxygen atoms in total. The van der Waals surface area contributed by atoms with Gasteiger partial charge in [0.05, 0.1) is 0 Å². The lowest BCUT2D eigenvalue weighted by molar-refractivity contribution is 0.814. The molecule has 0 aromatic carbocycles. The Labute approximate surface area is 103 Å². The zero-order valence-electron chi connectivity index (χ0n) is 10.7. The summed E-state index contributed by atoms with van der Waals surface area (Å²) in [7, 11) is 0. The molecule has 0 aliphatic heterocycles. The van der Waals surface area contributed by atoms with E-state index in [0.29, 0.717) is 5.92 Å². The van der Waals surface area contributed by atoms with Crippen molar-refractivity contribution in [3.8, 4) is 0 Å². The molecule has 0 spiro atoms. The van der Waals surface area contributed by atoms with Gasteiger partial charge in [-0.05, 0) is 30.0 Å². The van der Waals surface area contributed by atoms with E-state index >= 15 is 0 Å². The van der Waals surface area contributed by atoms with Crippen molar-refractivity contribution in [2.24, 2.45) is 0 Å². The smallest absolute Gasteiger partial charge is 0.115 e. The molecule has 2 aromatic rings. The van der Waals surface area contributed by atoms with Gasteiger partial charge in [-0.15, -0.1) is 0 Å². The number of pyridine rings is 1. The number of rotatable bonds is 2. The van der Waals surface area contributed by atoms with Crippen LogP contribution in [-0.2, 0) is 6.42 Å². The van der Waals surface area contributed by atoms with Crippen molar-refractivity contribution in [1.29, 1.82) is 0 Å². The molecule has 90 valence electrons. The quantitative estimate of drug-likeness (QED) is 0.793.